The lowest BCUT2D eigenvalue weighted by molar-refractivity contribution is -0.122. The molecule has 1 heterocycles. The monoisotopic (exact) mass is 332 g/mol. The van der Waals surface area contributed by atoms with Crippen LogP contribution in [0.25, 0.3) is 0 Å². The van der Waals surface area contributed by atoms with Crippen molar-refractivity contribution in [1.82, 2.24) is 4.90 Å². The Kier molecular flexibility index (Phi) is 4.76. The molecule has 0 unspecified atom stereocenters. The Morgan fingerprint density at radius 2 is 1.96 bits per heavy atom. The molecule has 0 aliphatic carbocycles. The van der Waals surface area contributed by atoms with E-state index in [0.29, 0.717) is 24.3 Å². The molecule has 2 aromatic rings. The van der Waals surface area contributed by atoms with Crippen molar-refractivity contribution in [3.63, 3.8) is 0 Å². The summed E-state index contributed by atoms with van der Waals surface area (Å²) in [6.07, 6.45) is 0.223. The van der Waals surface area contributed by atoms with Gasteiger partial charge in [0.2, 0.25) is 5.91 Å². The van der Waals surface area contributed by atoms with E-state index in [9.17, 15) is 13.6 Å². The lowest BCUT2D eigenvalue weighted by Crippen LogP contribution is -2.39. The van der Waals surface area contributed by atoms with E-state index in [1.54, 1.807) is 4.90 Å². The number of para-hydroxylation sites is 1. The fourth-order valence-electron chi connectivity index (χ4n) is 2.98. The van der Waals surface area contributed by atoms with Crippen LogP contribution in [-0.4, -0.2) is 29.5 Å². The number of benzene rings is 2. The van der Waals surface area contributed by atoms with Gasteiger partial charge < -0.3 is 10.5 Å². The first kappa shape index (κ1) is 16.4. The third-order valence-corrected chi connectivity index (χ3v) is 4.13. The van der Waals surface area contributed by atoms with Crippen molar-refractivity contribution < 1.29 is 18.3 Å². The third kappa shape index (κ3) is 3.71. The number of likely N-dealkylation sites (tertiary alicyclic amines) is 1. The van der Waals surface area contributed by atoms with Crippen LogP contribution in [0.4, 0.5) is 8.78 Å². The van der Waals surface area contributed by atoms with Crippen LogP contribution in [0, 0.1) is 11.6 Å². The lowest BCUT2D eigenvalue weighted by Gasteiger charge is -2.21. The Morgan fingerprint density at radius 1 is 1.21 bits per heavy atom. The number of rotatable bonds is 5. The Morgan fingerprint density at radius 3 is 2.62 bits per heavy atom. The molecule has 2 aromatic carbocycles. The lowest BCUT2D eigenvalue weighted by atomic mass is 10.1. The number of nitrogens with zero attached hydrogens (tertiary/aromatic N) is 1. The zero-order valence-electron chi connectivity index (χ0n) is 13.0. The highest BCUT2D eigenvalue weighted by Gasteiger charge is 2.37. The largest absolute Gasteiger partial charge is 0.489 e. The smallest absolute Gasteiger partial charge is 0.234 e. The van der Waals surface area contributed by atoms with Gasteiger partial charge in [0.25, 0.3) is 0 Å². The van der Waals surface area contributed by atoms with Gasteiger partial charge in [-0.25, -0.2) is 8.78 Å². The van der Waals surface area contributed by atoms with E-state index >= 15 is 0 Å². The molecule has 0 spiro atoms. The Balaban J connectivity index is 1.72. The second-order valence-electron chi connectivity index (χ2n) is 5.87. The Labute approximate surface area is 138 Å². The van der Waals surface area contributed by atoms with Crippen LogP contribution in [0.5, 0.6) is 5.75 Å². The standard InChI is InChI=1S/C18H18F2N2O2/c19-13-7-6-12(16(20)8-13)10-22-11-15(9-17(22)18(21)23)24-14-4-2-1-3-5-14/h1-8,15,17H,9-11H2,(H2,21,23)/t15-,17-/m0/s1. The number of carbonyl (C=O) groups excluding carboxylic acids is 1. The number of nitrogens with two attached hydrogens (primary N) is 1. The van der Waals surface area contributed by atoms with Crippen molar-refractivity contribution in [3.05, 3.63) is 65.7 Å². The minimum Gasteiger partial charge on any atom is -0.489 e. The third-order valence-electron chi connectivity index (χ3n) is 4.13. The first-order valence-corrected chi connectivity index (χ1v) is 7.72. The van der Waals surface area contributed by atoms with Gasteiger partial charge in [-0.2, -0.15) is 0 Å². The molecule has 0 aromatic heterocycles. The highest BCUT2D eigenvalue weighted by atomic mass is 19.1. The van der Waals surface area contributed by atoms with Crippen molar-refractivity contribution in [2.45, 2.75) is 25.1 Å². The number of ether oxygens (including phenoxy) is 1. The molecule has 0 radical (unpaired) electrons. The van der Waals surface area contributed by atoms with Gasteiger partial charge in [0.05, 0.1) is 6.04 Å². The van der Waals surface area contributed by atoms with Gasteiger partial charge in [-0.05, 0) is 18.2 Å². The topological polar surface area (TPSA) is 55.6 Å². The second-order valence-corrected chi connectivity index (χ2v) is 5.87. The molecule has 0 saturated carbocycles. The summed E-state index contributed by atoms with van der Waals surface area (Å²) in [5.74, 6) is -1.03. The number of amides is 1. The van der Waals surface area contributed by atoms with E-state index in [4.69, 9.17) is 10.5 Å². The van der Waals surface area contributed by atoms with Crippen LogP contribution in [-0.2, 0) is 11.3 Å². The van der Waals surface area contributed by atoms with E-state index in [0.717, 1.165) is 6.07 Å². The average Bonchev–Trinajstić information content (AvgIpc) is 2.94. The summed E-state index contributed by atoms with van der Waals surface area (Å²) in [7, 11) is 0. The molecule has 1 aliphatic heterocycles. The molecule has 4 nitrogen and oxygen atoms in total. The van der Waals surface area contributed by atoms with Crippen LogP contribution in [0.3, 0.4) is 0 Å². The van der Waals surface area contributed by atoms with Crippen molar-refractivity contribution >= 4 is 5.91 Å². The maximum Gasteiger partial charge on any atom is 0.234 e. The molecule has 24 heavy (non-hydrogen) atoms. The van der Waals surface area contributed by atoms with Gasteiger partial charge in [0.1, 0.15) is 23.5 Å². The molecule has 0 bridgehead atoms. The highest BCUT2D eigenvalue weighted by molar-refractivity contribution is 5.80. The first-order chi connectivity index (χ1) is 11.5. The van der Waals surface area contributed by atoms with Gasteiger partial charge in [-0.3, -0.25) is 9.69 Å². The zero-order valence-corrected chi connectivity index (χ0v) is 13.0. The quantitative estimate of drug-likeness (QED) is 0.915. The van der Waals surface area contributed by atoms with E-state index in [1.165, 1.54) is 12.1 Å². The fraction of sp³-hybridized carbons (Fsp3) is 0.278. The van der Waals surface area contributed by atoms with Crippen LogP contribution >= 0.6 is 0 Å². The molecule has 126 valence electrons. The summed E-state index contributed by atoms with van der Waals surface area (Å²) in [4.78, 5) is 13.5. The van der Waals surface area contributed by atoms with Crippen molar-refractivity contribution in [2.75, 3.05) is 6.54 Å². The molecular weight excluding hydrogens is 314 g/mol. The Bertz CT molecular complexity index is 724. The molecule has 2 N–H and O–H groups in total. The van der Waals surface area contributed by atoms with Crippen LogP contribution in [0.15, 0.2) is 48.5 Å². The van der Waals surface area contributed by atoms with Crippen LogP contribution in [0.2, 0.25) is 0 Å². The maximum atomic E-state index is 13.9. The number of carbonyl (C=O) groups is 1. The van der Waals surface area contributed by atoms with Gasteiger partial charge in [-0.1, -0.05) is 24.3 Å². The molecule has 1 amide bonds. The Hall–Kier alpha value is -2.47. The van der Waals surface area contributed by atoms with Gasteiger partial charge in [0.15, 0.2) is 0 Å². The maximum absolute atomic E-state index is 13.9. The van der Waals surface area contributed by atoms with Gasteiger partial charge >= 0.3 is 0 Å². The summed E-state index contributed by atoms with van der Waals surface area (Å²) in [5, 5.41) is 0. The SMILES string of the molecule is NC(=O)[C@@H]1C[C@H](Oc2ccccc2)CN1Cc1ccc(F)cc1F. The highest BCUT2D eigenvalue weighted by Crippen LogP contribution is 2.25. The summed E-state index contributed by atoms with van der Waals surface area (Å²) >= 11 is 0. The minimum atomic E-state index is -0.634. The minimum absolute atomic E-state index is 0.175. The van der Waals surface area contributed by atoms with Crippen LogP contribution in [0.1, 0.15) is 12.0 Å². The molecule has 1 fully saturated rings. The van der Waals surface area contributed by atoms with Crippen molar-refractivity contribution in [2.24, 2.45) is 5.73 Å². The first-order valence-electron chi connectivity index (χ1n) is 7.72. The summed E-state index contributed by atoms with van der Waals surface area (Å²) in [5.41, 5.74) is 5.79. The normalized spacial score (nSPS) is 20.9. The van der Waals surface area contributed by atoms with E-state index in [1.807, 2.05) is 30.3 Å². The van der Waals surface area contributed by atoms with E-state index in [-0.39, 0.29) is 12.6 Å². The fourth-order valence-corrected chi connectivity index (χ4v) is 2.98. The second kappa shape index (κ2) is 6.97. The van der Waals surface area contributed by atoms with E-state index in [2.05, 4.69) is 0 Å². The number of halogens is 2. The molecule has 3 rings (SSSR count). The number of hydrogen-bond acceptors (Lipinski definition) is 3. The van der Waals surface area contributed by atoms with Crippen LogP contribution < -0.4 is 10.5 Å². The molecule has 1 saturated heterocycles. The molecule has 6 heteroatoms. The summed E-state index contributed by atoms with van der Waals surface area (Å²) in [6.45, 7) is 0.619. The summed E-state index contributed by atoms with van der Waals surface area (Å²) < 4.78 is 32.8. The van der Waals surface area contributed by atoms with Crippen molar-refractivity contribution in [3.8, 4) is 5.75 Å². The van der Waals surface area contributed by atoms with Gasteiger partial charge in [0, 0.05) is 31.1 Å². The number of hydrogen-bond donors (Lipinski definition) is 1. The molecule has 1 aliphatic rings. The predicted molar refractivity (Wildman–Crippen MR) is 85.2 cm³/mol. The van der Waals surface area contributed by atoms with Crippen molar-refractivity contribution in [1.29, 1.82) is 0 Å². The zero-order chi connectivity index (χ0) is 17.1. The number of primary amides is 1. The van der Waals surface area contributed by atoms with E-state index < -0.39 is 23.6 Å². The summed E-state index contributed by atoms with van der Waals surface area (Å²) in [6, 6.07) is 12.2. The predicted octanol–water partition coefficient (Wildman–Crippen LogP) is 2.47. The van der Waals surface area contributed by atoms with Gasteiger partial charge in [-0.15, -0.1) is 0 Å². The molecule has 2 atom stereocenters. The molecular formula is C18H18F2N2O2. The average molecular weight is 332 g/mol.